The number of thiophene rings is 1. The molecule has 0 saturated carbocycles. The summed E-state index contributed by atoms with van der Waals surface area (Å²) in [5.74, 6) is 2.62. The maximum atomic E-state index is 3.72. The second-order valence-corrected chi connectivity index (χ2v) is 6.98. The minimum atomic E-state index is 0.491. The molecule has 2 unspecified atom stereocenters. The van der Waals surface area contributed by atoms with Gasteiger partial charge in [-0.25, -0.2) is 0 Å². The summed E-state index contributed by atoms with van der Waals surface area (Å²) in [4.78, 5) is 1.43. The summed E-state index contributed by atoms with van der Waals surface area (Å²) in [5.41, 5.74) is 0. The Bertz CT molecular complexity index is 307. The summed E-state index contributed by atoms with van der Waals surface area (Å²) in [6.45, 7) is 2.26. The van der Waals surface area contributed by atoms with E-state index in [9.17, 15) is 0 Å². The lowest BCUT2D eigenvalue weighted by atomic mass is 10.1. The van der Waals surface area contributed by atoms with E-state index in [1.165, 1.54) is 33.7 Å². The van der Waals surface area contributed by atoms with E-state index in [2.05, 4.69) is 51.4 Å². The van der Waals surface area contributed by atoms with Crippen molar-refractivity contribution in [3.63, 3.8) is 0 Å². The summed E-state index contributed by atoms with van der Waals surface area (Å²) >= 11 is 7.41. The van der Waals surface area contributed by atoms with E-state index in [1.807, 2.05) is 11.3 Å². The van der Waals surface area contributed by atoms with Gasteiger partial charge in [-0.05, 0) is 47.5 Å². The van der Waals surface area contributed by atoms with E-state index in [0.29, 0.717) is 12.1 Å². The predicted octanol–water partition coefficient (Wildman–Crippen LogP) is 4.06. The fraction of sp³-hybridized carbons (Fsp3) is 0.636. The lowest BCUT2D eigenvalue weighted by Gasteiger charge is -2.25. The van der Waals surface area contributed by atoms with Crippen LogP contribution in [0.4, 0.5) is 0 Å². The molecule has 15 heavy (non-hydrogen) atoms. The van der Waals surface area contributed by atoms with Crippen LogP contribution in [0.1, 0.15) is 30.7 Å². The second-order valence-electron chi connectivity index (χ2n) is 3.97. The van der Waals surface area contributed by atoms with Gasteiger partial charge in [0, 0.05) is 32.6 Å². The predicted molar refractivity (Wildman–Crippen MR) is 73.9 cm³/mol. The van der Waals surface area contributed by atoms with Gasteiger partial charge in [-0.1, -0.05) is 0 Å². The number of nitrogens with one attached hydrogen (secondary N) is 1. The van der Waals surface area contributed by atoms with Crippen LogP contribution in [0.3, 0.4) is 0 Å². The molecule has 1 aliphatic rings. The zero-order valence-electron chi connectivity index (χ0n) is 8.83. The van der Waals surface area contributed by atoms with E-state index in [1.54, 1.807) is 0 Å². The molecule has 0 spiro atoms. The first-order chi connectivity index (χ1) is 7.25. The first-order valence-corrected chi connectivity index (χ1v) is 8.16. The van der Waals surface area contributed by atoms with Crippen LogP contribution in [-0.2, 0) is 0 Å². The lowest BCUT2D eigenvalue weighted by molar-refractivity contribution is 0.456. The smallest absolute Gasteiger partial charge is 0.0388 e. The van der Waals surface area contributed by atoms with E-state index in [4.69, 9.17) is 0 Å². The maximum absolute atomic E-state index is 3.72. The van der Waals surface area contributed by atoms with Gasteiger partial charge in [0.2, 0.25) is 0 Å². The molecule has 0 aliphatic carbocycles. The molecule has 2 heterocycles. The third-order valence-corrected chi connectivity index (χ3v) is 5.75. The fourth-order valence-electron chi connectivity index (χ4n) is 1.86. The molecule has 1 aromatic heterocycles. The Labute approximate surface area is 108 Å². The molecule has 0 amide bonds. The van der Waals surface area contributed by atoms with Crippen molar-refractivity contribution in [1.29, 1.82) is 0 Å². The molecule has 1 aromatic rings. The number of rotatable bonds is 3. The topological polar surface area (TPSA) is 12.0 Å². The van der Waals surface area contributed by atoms with Gasteiger partial charge in [0.25, 0.3) is 0 Å². The van der Waals surface area contributed by atoms with Crippen LogP contribution in [0, 0.1) is 0 Å². The highest BCUT2D eigenvalue weighted by Crippen LogP contribution is 2.27. The SMILES string of the molecule is CC(NC1CCCSC1)c1cc(Br)cs1. The van der Waals surface area contributed by atoms with Gasteiger partial charge in [-0.15, -0.1) is 11.3 Å². The standard InChI is InChI=1S/C11H16BrNS2/c1-8(11-5-9(12)6-15-11)13-10-3-2-4-14-7-10/h5-6,8,10,13H,2-4,7H2,1H3. The molecule has 1 nitrogen and oxygen atoms in total. The Kier molecular flexibility index (Phi) is 4.55. The normalized spacial score (nSPS) is 24.0. The van der Waals surface area contributed by atoms with Gasteiger partial charge in [0.15, 0.2) is 0 Å². The molecule has 1 fully saturated rings. The van der Waals surface area contributed by atoms with E-state index in [0.717, 1.165) is 0 Å². The van der Waals surface area contributed by atoms with Crippen molar-refractivity contribution in [1.82, 2.24) is 5.32 Å². The fourth-order valence-corrected chi connectivity index (χ4v) is 4.41. The molecule has 1 aliphatic heterocycles. The summed E-state index contributed by atoms with van der Waals surface area (Å²) in [6.07, 6.45) is 2.70. The van der Waals surface area contributed by atoms with Crippen molar-refractivity contribution < 1.29 is 0 Å². The van der Waals surface area contributed by atoms with Crippen molar-refractivity contribution >= 4 is 39.0 Å². The third-order valence-electron chi connectivity index (χ3n) is 2.66. The zero-order valence-corrected chi connectivity index (χ0v) is 12.1. The monoisotopic (exact) mass is 305 g/mol. The van der Waals surface area contributed by atoms with E-state index >= 15 is 0 Å². The molecular weight excluding hydrogens is 290 g/mol. The molecule has 84 valence electrons. The van der Waals surface area contributed by atoms with Crippen LogP contribution < -0.4 is 5.32 Å². The van der Waals surface area contributed by atoms with Crippen LogP contribution in [0.25, 0.3) is 0 Å². The van der Waals surface area contributed by atoms with Gasteiger partial charge in [-0.3, -0.25) is 0 Å². The van der Waals surface area contributed by atoms with Gasteiger partial charge in [0.1, 0.15) is 0 Å². The van der Waals surface area contributed by atoms with Crippen molar-refractivity contribution in [2.75, 3.05) is 11.5 Å². The third kappa shape index (κ3) is 3.48. The van der Waals surface area contributed by atoms with Gasteiger partial charge in [-0.2, -0.15) is 11.8 Å². The molecule has 4 heteroatoms. The van der Waals surface area contributed by atoms with Crippen LogP contribution in [0.2, 0.25) is 0 Å². The molecule has 0 aromatic carbocycles. The molecule has 1 saturated heterocycles. The van der Waals surface area contributed by atoms with Crippen LogP contribution in [0.15, 0.2) is 15.9 Å². The Balaban J connectivity index is 1.88. The molecule has 1 N–H and O–H groups in total. The minimum absolute atomic E-state index is 0.491. The summed E-state index contributed by atoms with van der Waals surface area (Å²) in [7, 11) is 0. The number of hydrogen-bond donors (Lipinski definition) is 1. The number of halogens is 1. The van der Waals surface area contributed by atoms with Crippen molar-refractivity contribution in [3.05, 3.63) is 20.8 Å². The molecule has 0 bridgehead atoms. The second kappa shape index (κ2) is 5.71. The lowest BCUT2D eigenvalue weighted by Crippen LogP contribution is -2.35. The highest BCUT2D eigenvalue weighted by molar-refractivity contribution is 9.10. The van der Waals surface area contributed by atoms with Gasteiger partial charge < -0.3 is 5.32 Å². The van der Waals surface area contributed by atoms with Gasteiger partial charge >= 0.3 is 0 Å². The Hall–Kier alpha value is 0.490. The van der Waals surface area contributed by atoms with Crippen LogP contribution in [-0.4, -0.2) is 17.5 Å². The van der Waals surface area contributed by atoms with E-state index < -0.39 is 0 Å². The molecule has 2 atom stereocenters. The highest BCUT2D eigenvalue weighted by Gasteiger charge is 2.17. The summed E-state index contributed by atoms with van der Waals surface area (Å²) in [6, 6.07) is 3.42. The van der Waals surface area contributed by atoms with Crippen LogP contribution >= 0.6 is 39.0 Å². The largest absolute Gasteiger partial charge is 0.306 e. The Morgan fingerprint density at radius 1 is 1.60 bits per heavy atom. The van der Waals surface area contributed by atoms with Crippen LogP contribution in [0.5, 0.6) is 0 Å². The number of hydrogen-bond acceptors (Lipinski definition) is 3. The van der Waals surface area contributed by atoms with Crippen molar-refractivity contribution in [3.8, 4) is 0 Å². The summed E-state index contributed by atoms with van der Waals surface area (Å²) < 4.78 is 1.20. The van der Waals surface area contributed by atoms with Crippen molar-refractivity contribution in [2.45, 2.75) is 31.8 Å². The average Bonchev–Trinajstić information content (AvgIpc) is 2.66. The van der Waals surface area contributed by atoms with Crippen molar-refractivity contribution in [2.24, 2.45) is 0 Å². The highest BCUT2D eigenvalue weighted by atomic mass is 79.9. The zero-order chi connectivity index (χ0) is 10.7. The average molecular weight is 306 g/mol. The quantitative estimate of drug-likeness (QED) is 0.904. The Morgan fingerprint density at radius 3 is 3.07 bits per heavy atom. The Morgan fingerprint density at radius 2 is 2.47 bits per heavy atom. The first kappa shape index (κ1) is 12.0. The van der Waals surface area contributed by atoms with E-state index in [-0.39, 0.29) is 0 Å². The summed E-state index contributed by atoms with van der Waals surface area (Å²) in [5, 5.41) is 5.87. The molecule has 2 rings (SSSR count). The van der Waals surface area contributed by atoms with Gasteiger partial charge in [0.05, 0.1) is 0 Å². The maximum Gasteiger partial charge on any atom is 0.0388 e. The molecular formula is C11H16BrNS2. The number of thioether (sulfide) groups is 1. The minimum Gasteiger partial charge on any atom is -0.306 e. The first-order valence-electron chi connectivity index (χ1n) is 5.33. The molecule has 0 radical (unpaired) electrons.